The lowest BCUT2D eigenvalue weighted by Crippen LogP contribution is -2.47. The van der Waals surface area contributed by atoms with Crippen molar-refractivity contribution >= 4 is 10.8 Å². The van der Waals surface area contributed by atoms with Crippen molar-refractivity contribution in [2.45, 2.75) is 31.4 Å². The Labute approximate surface area is 114 Å². The van der Waals surface area contributed by atoms with Crippen LogP contribution in [0.3, 0.4) is 0 Å². The first-order valence-electron chi connectivity index (χ1n) is 6.90. The van der Waals surface area contributed by atoms with E-state index in [9.17, 15) is 0 Å². The lowest BCUT2D eigenvalue weighted by molar-refractivity contribution is -0.0695. The molecule has 1 fully saturated rings. The van der Waals surface area contributed by atoms with E-state index in [0.717, 1.165) is 13.1 Å². The molecule has 0 atom stereocenters. The zero-order valence-electron chi connectivity index (χ0n) is 11.4. The Balaban J connectivity index is 1.68. The maximum Gasteiger partial charge on any atom is 0.0802 e. The molecule has 0 aliphatic heterocycles. The SMILES string of the molecule is COC1(CNCc2cncc3ccccc23)CCC1. The van der Waals surface area contributed by atoms with Gasteiger partial charge in [-0.3, -0.25) is 4.98 Å². The maximum atomic E-state index is 5.62. The summed E-state index contributed by atoms with van der Waals surface area (Å²) in [6.07, 6.45) is 7.50. The normalized spacial score (nSPS) is 17.3. The second-order valence-corrected chi connectivity index (χ2v) is 5.36. The Morgan fingerprint density at radius 3 is 2.84 bits per heavy atom. The zero-order chi connectivity index (χ0) is 13.1. The third-order valence-corrected chi connectivity index (χ3v) is 4.21. The summed E-state index contributed by atoms with van der Waals surface area (Å²) in [7, 11) is 1.82. The molecule has 1 saturated carbocycles. The number of fused-ring (bicyclic) bond motifs is 1. The van der Waals surface area contributed by atoms with E-state index in [1.165, 1.54) is 35.6 Å². The molecule has 1 aliphatic carbocycles. The van der Waals surface area contributed by atoms with Gasteiger partial charge < -0.3 is 10.1 Å². The molecule has 3 rings (SSSR count). The number of pyridine rings is 1. The fraction of sp³-hybridized carbons (Fsp3) is 0.438. The number of ether oxygens (including phenoxy) is 1. The monoisotopic (exact) mass is 256 g/mol. The first-order chi connectivity index (χ1) is 9.33. The number of aromatic nitrogens is 1. The van der Waals surface area contributed by atoms with Gasteiger partial charge in [-0.05, 0) is 30.2 Å². The van der Waals surface area contributed by atoms with Crippen LogP contribution >= 0.6 is 0 Å². The number of hydrogen-bond acceptors (Lipinski definition) is 3. The lowest BCUT2D eigenvalue weighted by Gasteiger charge is -2.40. The van der Waals surface area contributed by atoms with E-state index in [2.05, 4.69) is 34.6 Å². The van der Waals surface area contributed by atoms with E-state index < -0.39 is 0 Å². The highest BCUT2D eigenvalue weighted by molar-refractivity contribution is 5.84. The van der Waals surface area contributed by atoms with Crippen LogP contribution in [0.15, 0.2) is 36.7 Å². The van der Waals surface area contributed by atoms with Gasteiger partial charge in [-0.25, -0.2) is 0 Å². The lowest BCUT2D eigenvalue weighted by atomic mass is 9.80. The van der Waals surface area contributed by atoms with Crippen molar-refractivity contribution in [3.8, 4) is 0 Å². The molecule has 19 heavy (non-hydrogen) atoms. The summed E-state index contributed by atoms with van der Waals surface area (Å²) >= 11 is 0. The largest absolute Gasteiger partial charge is 0.377 e. The van der Waals surface area contributed by atoms with Gasteiger partial charge in [0.1, 0.15) is 0 Å². The van der Waals surface area contributed by atoms with Crippen LogP contribution in [0.5, 0.6) is 0 Å². The standard InChI is InChI=1S/C16H20N2O/c1-19-16(7-4-8-16)12-18-11-14-10-17-9-13-5-2-3-6-15(13)14/h2-3,5-6,9-10,18H,4,7-8,11-12H2,1H3. The van der Waals surface area contributed by atoms with Gasteiger partial charge in [0, 0.05) is 38.0 Å². The number of rotatable bonds is 5. The fourth-order valence-electron chi connectivity index (χ4n) is 2.77. The first kappa shape index (κ1) is 12.6. The van der Waals surface area contributed by atoms with Crippen LogP contribution in [-0.4, -0.2) is 24.2 Å². The summed E-state index contributed by atoms with van der Waals surface area (Å²) in [4.78, 5) is 4.31. The summed E-state index contributed by atoms with van der Waals surface area (Å²) in [5.74, 6) is 0. The molecular formula is C16H20N2O. The van der Waals surface area contributed by atoms with Crippen molar-refractivity contribution in [1.82, 2.24) is 10.3 Å². The summed E-state index contributed by atoms with van der Waals surface area (Å²) < 4.78 is 5.62. The highest BCUT2D eigenvalue weighted by Gasteiger charge is 2.36. The number of methoxy groups -OCH3 is 1. The van der Waals surface area contributed by atoms with E-state index in [4.69, 9.17) is 4.74 Å². The molecule has 1 heterocycles. The second-order valence-electron chi connectivity index (χ2n) is 5.36. The summed E-state index contributed by atoms with van der Waals surface area (Å²) in [5, 5.41) is 6.01. The molecule has 0 radical (unpaired) electrons. The van der Waals surface area contributed by atoms with Gasteiger partial charge >= 0.3 is 0 Å². The van der Waals surface area contributed by atoms with Crippen LogP contribution in [0.2, 0.25) is 0 Å². The third-order valence-electron chi connectivity index (χ3n) is 4.21. The van der Waals surface area contributed by atoms with E-state index >= 15 is 0 Å². The van der Waals surface area contributed by atoms with Crippen LogP contribution in [0, 0.1) is 0 Å². The van der Waals surface area contributed by atoms with E-state index in [0.29, 0.717) is 0 Å². The van der Waals surface area contributed by atoms with E-state index in [-0.39, 0.29) is 5.60 Å². The van der Waals surface area contributed by atoms with Crippen LogP contribution in [0.1, 0.15) is 24.8 Å². The van der Waals surface area contributed by atoms with Gasteiger partial charge in [-0.2, -0.15) is 0 Å². The molecule has 3 nitrogen and oxygen atoms in total. The summed E-state index contributed by atoms with van der Waals surface area (Å²) in [6.45, 7) is 1.77. The maximum absolute atomic E-state index is 5.62. The van der Waals surface area contributed by atoms with Gasteiger partial charge in [-0.15, -0.1) is 0 Å². The first-order valence-corrected chi connectivity index (χ1v) is 6.90. The predicted octanol–water partition coefficient (Wildman–Crippen LogP) is 2.89. The molecule has 1 aliphatic rings. The second kappa shape index (κ2) is 5.27. The van der Waals surface area contributed by atoms with Crippen molar-refractivity contribution in [1.29, 1.82) is 0 Å². The topological polar surface area (TPSA) is 34.1 Å². The smallest absolute Gasteiger partial charge is 0.0802 e. The third kappa shape index (κ3) is 2.48. The molecule has 0 unspecified atom stereocenters. The van der Waals surface area contributed by atoms with Crippen LogP contribution in [0.25, 0.3) is 10.8 Å². The van der Waals surface area contributed by atoms with E-state index in [1.807, 2.05) is 19.5 Å². The minimum absolute atomic E-state index is 0.0814. The van der Waals surface area contributed by atoms with Crippen LogP contribution in [0.4, 0.5) is 0 Å². The average molecular weight is 256 g/mol. The molecule has 1 aromatic heterocycles. The molecule has 0 spiro atoms. The highest BCUT2D eigenvalue weighted by Crippen LogP contribution is 2.34. The van der Waals surface area contributed by atoms with Crippen molar-refractivity contribution < 1.29 is 4.74 Å². The number of benzene rings is 1. The van der Waals surface area contributed by atoms with Gasteiger partial charge in [0.15, 0.2) is 0 Å². The summed E-state index contributed by atoms with van der Waals surface area (Å²) in [6, 6.07) is 8.39. The number of nitrogens with one attached hydrogen (secondary N) is 1. The van der Waals surface area contributed by atoms with Crippen LogP contribution in [-0.2, 0) is 11.3 Å². The predicted molar refractivity (Wildman–Crippen MR) is 77.0 cm³/mol. The number of nitrogens with zero attached hydrogens (tertiary/aromatic N) is 1. The minimum Gasteiger partial charge on any atom is -0.377 e. The highest BCUT2D eigenvalue weighted by atomic mass is 16.5. The molecule has 3 heteroatoms. The Kier molecular flexibility index (Phi) is 3.49. The molecule has 0 amide bonds. The number of hydrogen-bond donors (Lipinski definition) is 1. The Morgan fingerprint density at radius 2 is 2.11 bits per heavy atom. The Morgan fingerprint density at radius 1 is 1.26 bits per heavy atom. The van der Waals surface area contributed by atoms with Crippen molar-refractivity contribution in [2.75, 3.05) is 13.7 Å². The Bertz CT molecular complexity index is 553. The van der Waals surface area contributed by atoms with Gasteiger partial charge in [0.25, 0.3) is 0 Å². The van der Waals surface area contributed by atoms with Gasteiger partial charge in [0.05, 0.1) is 5.60 Å². The van der Waals surface area contributed by atoms with Crippen molar-refractivity contribution in [2.24, 2.45) is 0 Å². The van der Waals surface area contributed by atoms with Crippen molar-refractivity contribution in [3.63, 3.8) is 0 Å². The molecule has 0 bridgehead atoms. The molecule has 100 valence electrons. The molecular weight excluding hydrogens is 236 g/mol. The Hall–Kier alpha value is -1.45. The molecule has 1 aromatic carbocycles. The summed E-state index contributed by atoms with van der Waals surface area (Å²) in [5.41, 5.74) is 1.33. The van der Waals surface area contributed by atoms with E-state index in [1.54, 1.807) is 0 Å². The fourth-order valence-corrected chi connectivity index (χ4v) is 2.77. The van der Waals surface area contributed by atoms with Gasteiger partial charge in [0.2, 0.25) is 0 Å². The quantitative estimate of drug-likeness (QED) is 0.893. The van der Waals surface area contributed by atoms with Crippen LogP contribution < -0.4 is 5.32 Å². The van der Waals surface area contributed by atoms with Gasteiger partial charge in [-0.1, -0.05) is 24.3 Å². The average Bonchev–Trinajstić information content (AvgIpc) is 2.42. The minimum atomic E-state index is 0.0814. The van der Waals surface area contributed by atoms with Crippen molar-refractivity contribution in [3.05, 3.63) is 42.2 Å². The molecule has 1 N–H and O–H groups in total. The zero-order valence-corrected chi connectivity index (χ0v) is 11.4. The molecule has 0 saturated heterocycles. The molecule has 2 aromatic rings.